The van der Waals surface area contributed by atoms with Crippen LogP contribution in [0.15, 0.2) is 27.7 Å². The zero-order valence-corrected chi connectivity index (χ0v) is 15.5. The van der Waals surface area contributed by atoms with Gasteiger partial charge in [-0.3, -0.25) is 0 Å². The van der Waals surface area contributed by atoms with Crippen molar-refractivity contribution in [1.29, 1.82) is 0 Å². The third-order valence-electron chi connectivity index (χ3n) is 3.97. The van der Waals surface area contributed by atoms with Crippen molar-refractivity contribution >= 4 is 5.96 Å². The molecule has 2 aromatic rings. The third kappa shape index (κ3) is 5.54. The van der Waals surface area contributed by atoms with Crippen LogP contribution in [-0.2, 0) is 25.8 Å². The lowest BCUT2D eigenvalue weighted by molar-refractivity contribution is 0.380. The van der Waals surface area contributed by atoms with Gasteiger partial charge in [0.25, 0.3) is 0 Å². The summed E-state index contributed by atoms with van der Waals surface area (Å²) in [4.78, 5) is 4.59. The summed E-state index contributed by atoms with van der Waals surface area (Å²) in [5.74, 6) is 0.380. The molecule has 0 aliphatic heterocycles. The molecule has 1 aromatic carbocycles. The Morgan fingerprint density at radius 1 is 1.08 bits per heavy atom. The molecule has 2 N–H and O–H groups in total. The van der Waals surface area contributed by atoms with Crippen LogP contribution < -0.4 is 10.6 Å². The van der Waals surface area contributed by atoms with E-state index in [0.29, 0.717) is 37.6 Å². The zero-order valence-electron chi connectivity index (χ0n) is 15.5. The smallest absolute Gasteiger partial charge is 0.191 e. The first-order valence-electron chi connectivity index (χ1n) is 9.00. The molecule has 0 unspecified atom stereocenters. The van der Waals surface area contributed by atoms with E-state index in [2.05, 4.69) is 20.8 Å². The molecule has 0 bridgehead atoms. The minimum absolute atomic E-state index is 0.472. The average molecular weight is 364 g/mol. The van der Waals surface area contributed by atoms with E-state index in [9.17, 15) is 8.78 Å². The van der Waals surface area contributed by atoms with E-state index in [4.69, 9.17) is 4.52 Å². The first-order chi connectivity index (χ1) is 12.6. The fourth-order valence-corrected chi connectivity index (χ4v) is 2.70. The summed E-state index contributed by atoms with van der Waals surface area (Å²) in [7, 11) is 0. The molecular formula is C19H26F2N4O. The highest BCUT2D eigenvalue weighted by atomic mass is 19.1. The van der Waals surface area contributed by atoms with Gasteiger partial charge in [0, 0.05) is 31.1 Å². The summed E-state index contributed by atoms with van der Waals surface area (Å²) in [6, 6.07) is 3.55. The number of nitrogens with zero attached hydrogens (tertiary/aromatic N) is 2. The number of rotatable bonds is 8. The second-order valence-corrected chi connectivity index (χ2v) is 5.89. The summed E-state index contributed by atoms with van der Waals surface area (Å²) in [6.07, 6.45) is 2.06. The molecule has 5 nitrogen and oxygen atoms in total. The Morgan fingerprint density at radius 2 is 1.81 bits per heavy atom. The zero-order chi connectivity index (χ0) is 18.9. The number of hydrogen-bond donors (Lipinski definition) is 2. The lowest BCUT2D eigenvalue weighted by Gasteiger charge is -2.11. The molecule has 0 saturated carbocycles. The molecule has 26 heavy (non-hydrogen) atoms. The number of aliphatic imine (C=N–C) groups is 1. The molecule has 2 rings (SSSR count). The van der Waals surface area contributed by atoms with Crippen LogP contribution in [0.2, 0.25) is 0 Å². The Labute approximate surface area is 152 Å². The number of benzene rings is 1. The number of halogens is 2. The van der Waals surface area contributed by atoms with E-state index >= 15 is 0 Å². The number of nitrogens with one attached hydrogen (secondary N) is 2. The van der Waals surface area contributed by atoms with Crippen molar-refractivity contribution in [3.8, 4) is 0 Å². The average Bonchev–Trinajstić information content (AvgIpc) is 3.00. The van der Waals surface area contributed by atoms with Gasteiger partial charge in [-0.15, -0.1) is 0 Å². The molecule has 0 aliphatic rings. The Balaban J connectivity index is 1.99. The topological polar surface area (TPSA) is 62.5 Å². The second-order valence-electron chi connectivity index (χ2n) is 5.89. The Bertz CT molecular complexity index is 701. The van der Waals surface area contributed by atoms with E-state index in [-0.39, 0.29) is 0 Å². The van der Waals surface area contributed by atoms with Gasteiger partial charge in [0.15, 0.2) is 5.96 Å². The van der Waals surface area contributed by atoms with Crippen LogP contribution in [0.5, 0.6) is 0 Å². The molecule has 0 radical (unpaired) electrons. The maximum Gasteiger partial charge on any atom is 0.191 e. The van der Waals surface area contributed by atoms with Crippen LogP contribution >= 0.6 is 0 Å². The second kappa shape index (κ2) is 9.89. The van der Waals surface area contributed by atoms with Crippen molar-refractivity contribution in [2.45, 2.75) is 46.6 Å². The number of hydrogen-bond acceptors (Lipinski definition) is 3. The van der Waals surface area contributed by atoms with E-state index in [1.165, 1.54) is 12.1 Å². The van der Waals surface area contributed by atoms with Gasteiger partial charge in [-0.05, 0) is 37.5 Å². The third-order valence-corrected chi connectivity index (χ3v) is 3.97. The van der Waals surface area contributed by atoms with Crippen molar-refractivity contribution in [1.82, 2.24) is 15.8 Å². The van der Waals surface area contributed by atoms with Gasteiger partial charge in [-0.1, -0.05) is 19.0 Å². The summed E-state index contributed by atoms with van der Waals surface area (Å²) >= 11 is 0. The summed E-state index contributed by atoms with van der Waals surface area (Å²) in [6.45, 7) is 7.74. The van der Waals surface area contributed by atoms with Gasteiger partial charge >= 0.3 is 0 Å². The Kier molecular flexibility index (Phi) is 7.56. The SMILES string of the molecule is CCNC(=NCc1c(CC)noc1CC)NCCc1cc(F)cc(F)c1. The predicted octanol–water partition coefficient (Wildman–Crippen LogP) is 3.38. The van der Waals surface area contributed by atoms with Gasteiger partial charge in [-0.2, -0.15) is 0 Å². The molecule has 0 amide bonds. The van der Waals surface area contributed by atoms with E-state index < -0.39 is 11.6 Å². The normalized spacial score (nSPS) is 11.7. The largest absolute Gasteiger partial charge is 0.361 e. The minimum atomic E-state index is -0.563. The summed E-state index contributed by atoms with van der Waals surface area (Å²) in [5.41, 5.74) is 2.56. The van der Waals surface area contributed by atoms with Crippen LogP contribution in [-0.4, -0.2) is 24.2 Å². The van der Waals surface area contributed by atoms with Gasteiger partial charge in [0.1, 0.15) is 17.4 Å². The molecule has 0 fully saturated rings. The molecule has 142 valence electrons. The first-order valence-corrected chi connectivity index (χ1v) is 9.00. The van der Waals surface area contributed by atoms with E-state index in [1.807, 2.05) is 20.8 Å². The molecule has 7 heteroatoms. The highest BCUT2D eigenvalue weighted by Crippen LogP contribution is 2.16. The van der Waals surface area contributed by atoms with Gasteiger partial charge in [-0.25, -0.2) is 13.8 Å². The monoisotopic (exact) mass is 364 g/mol. The number of guanidine groups is 1. The standard InChI is InChI=1S/C19H26F2N4O/c1-4-17-16(18(5-2)26-25-17)12-24-19(22-6-3)23-8-7-13-9-14(20)11-15(21)10-13/h9-11H,4-8,12H2,1-3H3,(H2,22,23,24). The van der Waals surface area contributed by atoms with E-state index in [1.54, 1.807) is 0 Å². The van der Waals surface area contributed by atoms with Crippen LogP contribution in [0.4, 0.5) is 8.78 Å². The van der Waals surface area contributed by atoms with Gasteiger partial charge < -0.3 is 15.2 Å². The lowest BCUT2D eigenvalue weighted by Crippen LogP contribution is -2.38. The van der Waals surface area contributed by atoms with Crippen molar-refractivity contribution in [3.63, 3.8) is 0 Å². The fraction of sp³-hybridized carbons (Fsp3) is 0.474. The molecule has 1 aromatic heterocycles. The maximum absolute atomic E-state index is 13.2. The Morgan fingerprint density at radius 3 is 2.42 bits per heavy atom. The molecule has 0 atom stereocenters. The summed E-state index contributed by atoms with van der Waals surface area (Å²) < 4.78 is 31.8. The van der Waals surface area contributed by atoms with Crippen molar-refractivity contribution < 1.29 is 13.3 Å². The maximum atomic E-state index is 13.2. The van der Waals surface area contributed by atoms with Crippen molar-refractivity contribution in [2.24, 2.45) is 4.99 Å². The van der Waals surface area contributed by atoms with Crippen LogP contribution in [0.1, 0.15) is 43.4 Å². The Hall–Kier alpha value is -2.44. The predicted molar refractivity (Wildman–Crippen MR) is 98.1 cm³/mol. The van der Waals surface area contributed by atoms with Gasteiger partial charge in [0.05, 0.1) is 12.2 Å². The molecule has 0 saturated heterocycles. The lowest BCUT2D eigenvalue weighted by atomic mass is 10.1. The quantitative estimate of drug-likeness (QED) is 0.557. The van der Waals surface area contributed by atoms with Crippen LogP contribution in [0, 0.1) is 11.6 Å². The van der Waals surface area contributed by atoms with Crippen LogP contribution in [0.3, 0.4) is 0 Å². The highest BCUT2D eigenvalue weighted by molar-refractivity contribution is 5.79. The van der Waals surface area contributed by atoms with Gasteiger partial charge in [0.2, 0.25) is 0 Å². The van der Waals surface area contributed by atoms with Crippen molar-refractivity contribution in [3.05, 3.63) is 52.4 Å². The number of aryl methyl sites for hydroxylation is 2. The molecular weight excluding hydrogens is 338 g/mol. The highest BCUT2D eigenvalue weighted by Gasteiger charge is 2.13. The molecule has 1 heterocycles. The summed E-state index contributed by atoms with van der Waals surface area (Å²) in [5, 5.41) is 10.4. The molecule has 0 spiro atoms. The molecule has 0 aliphatic carbocycles. The van der Waals surface area contributed by atoms with Crippen LogP contribution in [0.25, 0.3) is 0 Å². The number of aromatic nitrogens is 1. The minimum Gasteiger partial charge on any atom is -0.361 e. The van der Waals surface area contributed by atoms with Crippen molar-refractivity contribution in [2.75, 3.05) is 13.1 Å². The van der Waals surface area contributed by atoms with E-state index in [0.717, 1.165) is 35.9 Å². The fourth-order valence-electron chi connectivity index (χ4n) is 2.70. The first kappa shape index (κ1) is 19.9.